The summed E-state index contributed by atoms with van der Waals surface area (Å²) in [7, 11) is 3.71. The van der Waals surface area contributed by atoms with Gasteiger partial charge >= 0.3 is 0 Å². The van der Waals surface area contributed by atoms with Crippen LogP contribution in [0.5, 0.6) is 5.88 Å². The highest BCUT2D eigenvalue weighted by Gasteiger charge is 2.24. The van der Waals surface area contributed by atoms with E-state index in [0.717, 1.165) is 36.9 Å². The van der Waals surface area contributed by atoms with Crippen LogP contribution in [0.4, 0.5) is 5.82 Å². The molecular formula is C18H23ClN4O. The first-order chi connectivity index (χ1) is 11.7. The second-order valence-corrected chi connectivity index (χ2v) is 6.56. The van der Waals surface area contributed by atoms with Crippen molar-refractivity contribution in [3.63, 3.8) is 0 Å². The number of ether oxygens (including phenoxy) is 1. The molecule has 1 fully saturated rings. The van der Waals surface area contributed by atoms with Crippen LogP contribution in [0.2, 0.25) is 5.02 Å². The van der Waals surface area contributed by atoms with E-state index in [0.29, 0.717) is 11.9 Å². The van der Waals surface area contributed by atoms with Crippen LogP contribution in [0.3, 0.4) is 0 Å². The smallest absolute Gasteiger partial charge is 0.218 e. The number of anilines is 1. The number of hydrogen-bond acceptors (Lipinski definition) is 5. The topological polar surface area (TPSA) is 41.5 Å². The molecule has 0 N–H and O–H groups in total. The van der Waals surface area contributed by atoms with Gasteiger partial charge in [-0.3, -0.25) is 4.90 Å². The van der Waals surface area contributed by atoms with Crippen LogP contribution >= 0.6 is 11.6 Å². The Morgan fingerprint density at radius 3 is 2.96 bits per heavy atom. The van der Waals surface area contributed by atoms with Gasteiger partial charge in [0.05, 0.1) is 7.11 Å². The highest BCUT2D eigenvalue weighted by Crippen LogP contribution is 2.24. The lowest BCUT2D eigenvalue weighted by molar-refractivity contribution is 0.198. The van der Waals surface area contributed by atoms with Crippen molar-refractivity contribution in [1.29, 1.82) is 0 Å². The van der Waals surface area contributed by atoms with Crippen molar-refractivity contribution in [2.24, 2.45) is 0 Å². The van der Waals surface area contributed by atoms with Gasteiger partial charge in [-0.05, 0) is 31.0 Å². The molecule has 0 aliphatic carbocycles. The third kappa shape index (κ3) is 3.97. The molecule has 0 spiro atoms. The molecule has 0 amide bonds. The summed E-state index contributed by atoms with van der Waals surface area (Å²) in [5, 5.41) is 0.841. The monoisotopic (exact) mass is 346 g/mol. The molecule has 24 heavy (non-hydrogen) atoms. The average Bonchev–Trinajstić information content (AvgIpc) is 2.63. The molecule has 1 unspecified atom stereocenters. The van der Waals surface area contributed by atoms with Crippen molar-refractivity contribution in [3.05, 3.63) is 47.2 Å². The predicted molar refractivity (Wildman–Crippen MR) is 96.7 cm³/mol. The maximum absolute atomic E-state index is 6.30. The first-order valence-corrected chi connectivity index (χ1v) is 8.60. The van der Waals surface area contributed by atoms with Crippen LogP contribution in [-0.4, -0.2) is 48.2 Å². The van der Waals surface area contributed by atoms with Crippen molar-refractivity contribution >= 4 is 17.4 Å². The third-order valence-electron chi connectivity index (χ3n) is 4.58. The van der Waals surface area contributed by atoms with E-state index in [1.807, 2.05) is 24.3 Å². The Hall–Kier alpha value is -1.85. The highest BCUT2D eigenvalue weighted by molar-refractivity contribution is 6.31. The van der Waals surface area contributed by atoms with E-state index in [4.69, 9.17) is 16.3 Å². The fourth-order valence-corrected chi connectivity index (χ4v) is 3.38. The first-order valence-electron chi connectivity index (χ1n) is 8.22. The number of likely N-dealkylation sites (N-methyl/N-ethyl adjacent to an activating group) is 1. The van der Waals surface area contributed by atoms with Crippen molar-refractivity contribution < 1.29 is 4.74 Å². The summed E-state index contributed by atoms with van der Waals surface area (Å²) in [6, 6.07) is 10.4. The van der Waals surface area contributed by atoms with Crippen LogP contribution in [0.25, 0.3) is 0 Å². The molecule has 0 saturated carbocycles. The van der Waals surface area contributed by atoms with Gasteiger partial charge in [0.2, 0.25) is 5.88 Å². The lowest BCUT2D eigenvalue weighted by atomic mass is 10.0. The molecule has 2 aromatic rings. The molecule has 1 atom stereocenters. The van der Waals surface area contributed by atoms with E-state index in [1.165, 1.54) is 12.0 Å². The molecule has 1 aliphatic heterocycles. The molecule has 1 saturated heterocycles. The van der Waals surface area contributed by atoms with Gasteiger partial charge in [-0.2, -0.15) is 0 Å². The maximum Gasteiger partial charge on any atom is 0.218 e. The number of rotatable bonds is 5. The minimum absolute atomic E-state index is 0.417. The molecule has 128 valence electrons. The standard InChI is InChI=1S/C18H23ClN4O/c1-22(17-10-18(24-2)21-13-20-17)15-7-5-9-23(12-15)11-14-6-3-4-8-16(14)19/h3-4,6,8,10,13,15H,5,7,9,11-12H2,1-2H3. The molecule has 5 nitrogen and oxygen atoms in total. The molecule has 1 aromatic carbocycles. The van der Waals surface area contributed by atoms with Crippen molar-refractivity contribution in [2.45, 2.75) is 25.4 Å². The van der Waals surface area contributed by atoms with Gasteiger partial charge in [0.15, 0.2) is 0 Å². The van der Waals surface area contributed by atoms with Gasteiger partial charge in [0.1, 0.15) is 12.1 Å². The lowest BCUT2D eigenvalue weighted by Gasteiger charge is -2.38. The van der Waals surface area contributed by atoms with Crippen LogP contribution in [-0.2, 0) is 6.54 Å². The molecule has 2 heterocycles. The largest absolute Gasteiger partial charge is 0.481 e. The molecule has 1 aromatic heterocycles. The average molecular weight is 347 g/mol. The Bertz CT molecular complexity index is 682. The summed E-state index contributed by atoms with van der Waals surface area (Å²) in [5.74, 6) is 1.49. The number of halogens is 1. The summed E-state index contributed by atoms with van der Waals surface area (Å²) in [6.07, 6.45) is 3.87. The SMILES string of the molecule is COc1cc(N(C)C2CCCN(Cc3ccccc3Cl)C2)ncn1. The van der Waals surface area contributed by atoms with E-state index < -0.39 is 0 Å². The molecule has 3 rings (SSSR count). The van der Waals surface area contributed by atoms with E-state index in [1.54, 1.807) is 13.4 Å². The number of benzene rings is 1. The normalized spacial score (nSPS) is 18.4. The van der Waals surface area contributed by atoms with Gasteiger partial charge in [-0.25, -0.2) is 9.97 Å². The van der Waals surface area contributed by atoms with E-state index >= 15 is 0 Å². The van der Waals surface area contributed by atoms with Crippen molar-refractivity contribution in [1.82, 2.24) is 14.9 Å². The van der Waals surface area contributed by atoms with Gasteiger partial charge in [-0.15, -0.1) is 0 Å². The fraction of sp³-hybridized carbons (Fsp3) is 0.444. The number of likely N-dealkylation sites (tertiary alicyclic amines) is 1. The Kier molecular flexibility index (Phi) is 5.53. The Morgan fingerprint density at radius 2 is 2.17 bits per heavy atom. The zero-order valence-corrected chi connectivity index (χ0v) is 14.9. The summed E-state index contributed by atoms with van der Waals surface area (Å²) >= 11 is 6.30. The number of nitrogens with zero attached hydrogens (tertiary/aromatic N) is 4. The molecular weight excluding hydrogens is 324 g/mol. The quantitative estimate of drug-likeness (QED) is 0.831. The Labute approximate surface area is 148 Å². The first kappa shape index (κ1) is 17.0. The summed E-state index contributed by atoms with van der Waals surface area (Å²) < 4.78 is 5.20. The zero-order valence-electron chi connectivity index (χ0n) is 14.2. The second-order valence-electron chi connectivity index (χ2n) is 6.15. The molecule has 0 radical (unpaired) electrons. The van der Waals surface area contributed by atoms with Gasteiger partial charge in [0, 0.05) is 37.3 Å². The Morgan fingerprint density at radius 1 is 1.33 bits per heavy atom. The minimum atomic E-state index is 0.417. The predicted octanol–water partition coefficient (Wildman–Crippen LogP) is 3.24. The summed E-state index contributed by atoms with van der Waals surface area (Å²) in [6.45, 7) is 2.98. The van der Waals surface area contributed by atoms with Crippen LogP contribution < -0.4 is 9.64 Å². The lowest BCUT2D eigenvalue weighted by Crippen LogP contribution is -2.46. The molecule has 1 aliphatic rings. The second kappa shape index (κ2) is 7.81. The van der Waals surface area contributed by atoms with Crippen LogP contribution in [0, 0.1) is 0 Å². The number of aromatic nitrogens is 2. The fourth-order valence-electron chi connectivity index (χ4n) is 3.18. The minimum Gasteiger partial charge on any atom is -0.481 e. The number of hydrogen-bond donors (Lipinski definition) is 0. The van der Waals surface area contributed by atoms with Crippen LogP contribution in [0.15, 0.2) is 36.7 Å². The van der Waals surface area contributed by atoms with E-state index in [9.17, 15) is 0 Å². The van der Waals surface area contributed by atoms with Crippen molar-refractivity contribution in [3.8, 4) is 5.88 Å². The maximum atomic E-state index is 6.30. The number of piperidine rings is 1. The summed E-state index contributed by atoms with van der Waals surface area (Å²) in [5.41, 5.74) is 1.19. The molecule has 0 bridgehead atoms. The van der Waals surface area contributed by atoms with E-state index in [-0.39, 0.29) is 0 Å². The van der Waals surface area contributed by atoms with Gasteiger partial charge in [0.25, 0.3) is 0 Å². The summed E-state index contributed by atoms with van der Waals surface area (Å²) in [4.78, 5) is 13.1. The highest BCUT2D eigenvalue weighted by atomic mass is 35.5. The zero-order chi connectivity index (χ0) is 16.9. The van der Waals surface area contributed by atoms with E-state index in [2.05, 4.69) is 32.9 Å². The van der Waals surface area contributed by atoms with Gasteiger partial charge < -0.3 is 9.64 Å². The van der Waals surface area contributed by atoms with Crippen LogP contribution in [0.1, 0.15) is 18.4 Å². The Balaban J connectivity index is 1.67. The molecule has 6 heteroatoms. The number of methoxy groups -OCH3 is 1. The van der Waals surface area contributed by atoms with Crippen molar-refractivity contribution in [2.75, 3.05) is 32.1 Å². The van der Waals surface area contributed by atoms with Gasteiger partial charge in [-0.1, -0.05) is 29.8 Å². The third-order valence-corrected chi connectivity index (χ3v) is 4.95.